The van der Waals surface area contributed by atoms with Gasteiger partial charge in [0.05, 0.1) is 19.8 Å². The summed E-state index contributed by atoms with van der Waals surface area (Å²) in [4.78, 5) is 20.4. The summed E-state index contributed by atoms with van der Waals surface area (Å²) in [5.41, 5.74) is 6.27. The van der Waals surface area contributed by atoms with E-state index >= 15 is 0 Å². The van der Waals surface area contributed by atoms with Crippen LogP contribution in [0, 0.1) is 12.8 Å². The third-order valence-corrected chi connectivity index (χ3v) is 9.35. The van der Waals surface area contributed by atoms with E-state index in [1.54, 1.807) is 0 Å². The van der Waals surface area contributed by atoms with E-state index in [-0.39, 0.29) is 24.0 Å². The Morgan fingerprint density at radius 1 is 0.974 bits per heavy atom. The predicted octanol–water partition coefficient (Wildman–Crippen LogP) is 6.64. The van der Waals surface area contributed by atoms with E-state index in [4.69, 9.17) is 9.47 Å². The number of hydrogen-bond acceptors (Lipinski definition) is 4. The molecule has 39 heavy (non-hydrogen) atoms. The van der Waals surface area contributed by atoms with Gasteiger partial charge in [-0.1, -0.05) is 78.4 Å². The first kappa shape index (κ1) is 22.9. The number of esters is 1. The first-order valence-corrected chi connectivity index (χ1v) is 13.8. The molecule has 1 aromatic heterocycles. The zero-order valence-corrected chi connectivity index (χ0v) is 22.1. The summed E-state index contributed by atoms with van der Waals surface area (Å²) in [5, 5.41) is 3.56. The van der Waals surface area contributed by atoms with Gasteiger partial charge < -0.3 is 14.5 Å². The molecule has 4 heterocycles. The van der Waals surface area contributed by atoms with E-state index in [0.29, 0.717) is 19.4 Å². The lowest BCUT2D eigenvalue weighted by Gasteiger charge is -2.48. The van der Waals surface area contributed by atoms with E-state index in [1.165, 1.54) is 51.2 Å². The Morgan fingerprint density at radius 3 is 2.56 bits per heavy atom. The normalized spacial score (nSPS) is 25.4. The number of aromatic nitrogens is 1. The second-order valence-electron chi connectivity index (χ2n) is 11.4. The Labute approximate surface area is 227 Å². The SMILES string of the molecule is COC(=O)[C@]12Cc3c([nH]c4ccccc34)[C@@H](c3ccc(C)cc3)N1[C@@H]1c3c(ccc4ccccc34)OC[C@@H]1C2. The molecule has 5 aromatic rings. The fourth-order valence-corrected chi connectivity index (χ4v) is 7.75. The van der Waals surface area contributed by atoms with Crippen molar-refractivity contribution in [2.45, 2.75) is 37.4 Å². The second-order valence-corrected chi connectivity index (χ2v) is 11.4. The molecule has 8 rings (SSSR count). The van der Waals surface area contributed by atoms with Gasteiger partial charge in [-0.05, 0) is 47.4 Å². The molecule has 0 radical (unpaired) electrons. The number of carbonyl (C=O) groups is 1. The van der Waals surface area contributed by atoms with Gasteiger partial charge in [-0.15, -0.1) is 0 Å². The maximum atomic E-state index is 14.1. The zero-order chi connectivity index (χ0) is 26.3. The first-order valence-electron chi connectivity index (χ1n) is 13.8. The predicted molar refractivity (Wildman–Crippen MR) is 152 cm³/mol. The van der Waals surface area contributed by atoms with Gasteiger partial charge in [-0.3, -0.25) is 9.69 Å². The van der Waals surface area contributed by atoms with E-state index < -0.39 is 5.54 Å². The molecular formula is C34H30N2O3. The highest BCUT2D eigenvalue weighted by atomic mass is 16.5. The highest BCUT2D eigenvalue weighted by Crippen LogP contribution is 2.61. The minimum atomic E-state index is -0.806. The van der Waals surface area contributed by atoms with Gasteiger partial charge in [0.2, 0.25) is 0 Å². The van der Waals surface area contributed by atoms with Crippen LogP contribution in [0.15, 0.2) is 84.9 Å². The molecule has 0 spiro atoms. The zero-order valence-electron chi connectivity index (χ0n) is 22.1. The average Bonchev–Trinajstić information content (AvgIpc) is 3.52. The van der Waals surface area contributed by atoms with Gasteiger partial charge in [0.25, 0.3) is 0 Å². The molecule has 3 aliphatic rings. The topological polar surface area (TPSA) is 54.6 Å². The minimum absolute atomic E-state index is 0.00446. The average molecular weight is 515 g/mol. The van der Waals surface area contributed by atoms with Crippen molar-refractivity contribution in [1.82, 2.24) is 9.88 Å². The van der Waals surface area contributed by atoms with Crippen molar-refractivity contribution in [2.75, 3.05) is 13.7 Å². The molecule has 1 saturated heterocycles. The number of carbonyl (C=O) groups excluding carboxylic acids is 1. The van der Waals surface area contributed by atoms with Crippen LogP contribution in [-0.2, 0) is 16.0 Å². The summed E-state index contributed by atoms with van der Waals surface area (Å²) in [6.07, 6.45) is 1.29. The number of nitrogens with zero attached hydrogens (tertiary/aromatic N) is 1. The number of para-hydroxylation sites is 1. The molecule has 194 valence electrons. The minimum Gasteiger partial charge on any atom is -0.493 e. The summed E-state index contributed by atoms with van der Waals surface area (Å²) >= 11 is 0. The van der Waals surface area contributed by atoms with Crippen LogP contribution in [0.25, 0.3) is 21.7 Å². The van der Waals surface area contributed by atoms with Crippen LogP contribution < -0.4 is 4.74 Å². The fraction of sp³-hybridized carbons (Fsp3) is 0.265. The number of aryl methyl sites for hydroxylation is 1. The second kappa shape index (κ2) is 8.20. The Hall–Kier alpha value is -4.09. The summed E-state index contributed by atoms with van der Waals surface area (Å²) in [5.74, 6) is 0.915. The number of rotatable bonds is 2. The van der Waals surface area contributed by atoms with Crippen LogP contribution in [0.3, 0.4) is 0 Å². The molecule has 1 fully saturated rings. The maximum absolute atomic E-state index is 14.1. The van der Waals surface area contributed by atoms with Crippen LogP contribution in [-0.4, -0.2) is 35.1 Å². The van der Waals surface area contributed by atoms with Crippen molar-refractivity contribution in [1.29, 1.82) is 0 Å². The molecule has 0 aliphatic carbocycles. The highest BCUT2D eigenvalue weighted by Gasteiger charge is 2.64. The van der Waals surface area contributed by atoms with Gasteiger partial charge in [0.15, 0.2) is 0 Å². The molecular weight excluding hydrogens is 484 g/mol. The van der Waals surface area contributed by atoms with Crippen molar-refractivity contribution in [3.63, 3.8) is 0 Å². The molecule has 0 unspecified atom stereocenters. The largest absolute Gasteiger partial charge is 0.493 e. The number of fused-ring (bicyclic) bond motifs is 10. The van der Waals surface area contributed by atoms with Crippen molar-refractivity contribution in [3.8, 4) is 5.75 Å². The quantitative estimate of drug-likeness (QED) is 0.268. The molecule has 0 amide bonds. The number of ether oxygens (including phenoxy) is 2. The Bertz CT molecular complexity index is 1770. The van der Waals surface area contributed by atoms with Gasteiger partial charge in [0, 0.05) is 40.5 Å². The highest BCUT2D eigenvalue weighted by molar-refractivity contribution is 5.91. The Morgan fingerprint density at radius 2 is 1.74 bits per heavy atom. The van der Waals surface area contributed by atoms with E-state index in [2.05, 4.69) is 102 Å². The van der Waals surface area contributed by atoms with Crippen molar-refractivity contribution in [3.05, 3.63) is 113 Å². The lowest BCUT2D eigenvalue weighted by Crippen LogP contribution is -2.57. The third kappa shape index (κ3) is 3.08. The summed E-state index contributed by atoms with van der Waals surface area (Å²) in [7, 11) is 1.53. The van der Waals surface area contributed by atoms with E-state index in [1.807, 2.05) is 0 Å². The third-order valence-electron chi connectivity index (χ3n) is 9.35. The number of nitrogens with one attached hydrogen (secondary N) is 1. The van der Waals surface area contributed by atoms with Gasteiger partial charge in [-0.25, -0.2) is 0 Å². The summed E-state index contributed by atoms with van der Waals surface area (Å²) in [6, 6.07) is 29.9. The van der Waals surface area contributed by atoms with Crippen molar-refractivity contribution >= 4 is 27.6 Å². The molecule has 5 nitrogen and oxygen atoms in total. The van der Waals surface area contributed by atoms with E-state index in [0.717, 1.165) is 11.3 Å². The number of benzene rings is 4. The first-order chi connectivity index (χ1) is 19.1. The number of hydrogen-bond donors (Lipinski definition) is 1. The molecule has 3 aliphatic heterocycles. The summed E-state index contributed by atoms with van der Waals surface area (Å²) in [6.45, 7) is 2.70. The molecule has 0 bridgehead atoms. The van der Waals surface area contributed by atoms with Gasteiger partial charge in [0.1, 0.15) is 11.3 Å². The lowest BCUT2D eigenvalue weighted by atomic mass is 9.78. The standard InChI is InChI=1S/C34H30N2O3/c1-20-11-13-22(14-12-20)32-30-26(25-9-5-6-10-27(25)35-30)18-34(33(37)38-2)17-23-19-39-28-16-15-21-7-3-4-8-24(21)29(28)31(23)36(32)34/h3-16,23,31-32,35H,17-19H2,1-2H3/t23-,31-,32+,34-/m0/s1. The molecule has 1 N–H and O–H groups in total. The monoisotopic (exact) mass is 514 g/mol. The number of aromatic amines is 1. The Balaban J connectivity index is 1.45. The Kier molecular flexibility index (Phi) is 4.81. The fourth-order valence-electron chi connectivity index (χ4n) is 7.75. The number of methoxy groups -OCH3 is 1. The van der Waals surface area contributed by atoms with E-state index in [9.17, 15) is 4.79 Å². The smallest absolute Gasteiger partial charge is 0.326 e. The lowest BCUT2D eigenvalue weighted by molar-refractivity contribution is -0.156. The molecule has 0 saturated carbocycles. The van der Waals surface area contributed by atoms with Crippen LogP contribution in [0.4, 0.5) is 0 Å². The van der Waals surface area contributed by atoms with Crippen molar-refractivity contribution < 1.29 is 14.3 Å². The van der Waals surface area contributed by atoms with Crippen LogP contribution in [0.1, 0.15) is 46.5 Å². The van der Waals surface area contributed by atoms with Crippen LogP contribution in [0.5, 0.6) is 5.75 Å². The number of H-pyrrole nitrogens is 1. The van der Waals surface area contributed by atoms with Crippen LogP contribution >= 0.6 is 0 Å². The summed E-state index contributed by atoms with van der Waals surface area (Å²) < 4.78 is 12.1. The maximum Gasteiger partial charge on any atom is 0.326 e. The molecule has 4 aromatic carbocycles. The van der Waals surface area contributed by atoms with Gasteiger partial charge >= 0.3 is 5.97 Å². The van der Waals surface area contributed by atoms with Crippen LogP contribution in [0.2, 0.25) is 0 Å². The molecule has 4 atom stereocenters. The molecule has 5 heteroatoms. The van der Waals surface area contributed by atoms with Gasteiger partial charge in [-0.2, -0.15) is 0 Å². The van der Waals surface area contributed by atoms with Crippen molar-refractivity contribution in [2.24, 2.45) is 5.92 Å².